The van der Waals surface area contributed by atoms with E-state index < -0.39 is 6.04 Å². The first-order valence-electron chi connectivity index (χ1n) is 7.89. The number of aromatic nitrogens is 1. The van der Waals surface area contributed by atoms with E-state index in [1.807, 2.05) is 6.92 Å². The number of nitrogens with one attached hydrogen (secondary N) is 1. The van der Waals surface area contributed by atoms with Gasteiger partial charge in [-0.1, -0.05) is 0 Å². The molecule has 0 aromatic carbocycles. The van der Waals surface area contributed by atoms with Gasteiger partial charge in [0.05, 0.1) is 6.04 Å². The number of hydrogen-bond donors (Lipinski definition) is 3. The summed E-state index contributed by atoms with van der Waals surface area (Å²) in [5.74, 6) is -0.345. The lowest BCUT2D eigenvalue weighted by Crippen LogP contribution is -2.49. The van der Waals surface area contributed by atoms with Crippen molar-refractivity contribution in [1.29, 1.82) is 0 Å². The molecule has 1 saturated heterocycles. The molecule has 1 aliphatic heterocycles. The molecule has 23 heavy (non-hydrogen) atoms. The van der Waals surface area contributed by atoms with Crippen molar-refractivity contribution in [2.75, 3.05) is 13.1 Å². The molecule has 126 valence electrons. The van der Waals surface area contributed by atoms with Crippen LogP contribution < -0.4 is 11.1 Å². The number of amides is 2. The number of nitrogens with zero attached hydrogens (tertiary/aromatic N) is 2. The van der Waals surface area contributed by atoms with Crippen LogP contribution in [0.4, 0.5) is 0 Å². The van der Waals surface area contributed by atoms with Gasteiger partial charge in [-0.05, 0) is 44.7 Å². The highest BCUT2D eigenvalue weighted by Crippen LogP contribution is 2.22. The summed E-state index contributed by atoms with van der Waals surface area (Å²) in [7, 11) is 0. The molecule has 7 nitrogen and oxygen atoms in total. The fourth-order valence-electron chi connectivity index (χ4n) is 2.88. The maximum absolute atomic E-state index is 12.2. The second-order valence-corrected chi connectivity index (χ2v) is 6.09. The molecular formula is C16H24N4O3. The molecule has 0 radical (unpaired) electrons. The van der Waals surface area contributed by atoms with Crippen LogP contribution in [-0.2, 0) is 4.79 Å². The molecule has 2 heterocycles. The summed E-state index contributed by atoms with van der Waals surface area (Å²) in [6, 6.07) is 2.62. The Morgan fingerprint density at radius 2 is 2.04 bits per heavy atom. The zero-order chi connectivity index (χ0) is 17.0. The molecule has 2 atom stereocenters. The lowest BCUT2D eigenvalue weighted by Gasteiger charge is -2.35. The number of rotatable bonds is 4. The first kappa shape index (κ1) is 17.2. The van der Waals surface area contributed by atoms with Crippen LogP contribution in [0.3, 0.4) is 0 Å². The Kier molecular flexibility index (Phi) is 5.54. The first-order valence-corrected chi connectivity index (χ1v) is 7.89. The van der Waals surface area contributed by atoms with Gasteiger partial charge in [-0.3, -0.25) is 9.59 Å². The van der Waals surface area contributed by atoms with Gasteiger partial charge in [0.1, 0.15) is 5.56 Å². The van der Waals surface area contributed by atoms with Gasteiger partial charge in [0.15, 0.2) is 0 Å². The van der Waals surface area contributed by atoms with E-state index in [-0.39, 0.29) is 35.2 Å². The van der Waals surface area contributed by atoms with Gasteiger partial charge in [0.2, 0.25) is 11.8 Å². The number of piperidine rings is 1. The summed E-state index contributed by atoms with van der Waals surface area (Å²) in [4.78, 5) is 29.5. The smallest absolute Gasteiger partial charge is 0.256 e. The van der Waals surface area contributed by atoms with Gasteiger partial charge in [-0.2, -0.15) is 0 Å². The number of nitrogens with two attached hydrogens (primary N) is 1. The van der Waals surface area contributed by atoms with E-state index in [9.17, 15) is 14.7 Å². The van der Waals surface area contributed by atoms with Crippen LogP contribution in [-0.4, -0.2) is 52.0 Å². The lowest BCUT2D eigenvalue weighted by molar-refractivity contribution is -0.133. The standard InChI is InChI=1S/C16H24N4O3/c1-10(17)16(23)20-8-5-12(6-9-20)11(2)19-15(22)13-4-3-7-18-14(13)21/h3-4,7,10-12H,5-6,8-9,17H2,1-2H3,(H,18,21)(H,19,22)/t10-,11?/m0/s1. The number of carbonyl (C=O) groups excluding carboxylic acids is 2. The van der Waals surface area contributed by atoms with Crippen LogP contribution in [0.5, 0.6) is 5.88 Å². The van der Waals surface area contributed by atoms with Crippen LogP contribution >= 0.6 is 0 Å². The molecule has 1 unspecified atom stereocenters. The second-order valence-electron chi connectivity index (χ2n) is 6.09. The topological polar surface area (TPSA) is 109 Å². The van der Waals surface area contributed by atoms with Crippen LogP contribution in [0.1, 0.15) is 37.0 Å². The summed E-state index contributed by atoms with van der Waals surface area (Å²) in [6.45, 7) is 4.95. The first-order chi connectivity index (χ1) is 10.9. The molecule has 2 rings (SSSR count). The van der Waals surface area contributed by atoms with Crippen molar-refractivity contribution in [2.24, 2.45) is 11.7 Å². The molecule has 4 N–H and O–H groups in total. The number of pyridine rings is 1. The van der Waals surface area contributed by atoms with E-state index in [1.54, 1.807) is 17.9 Å². The van der Waals surface area contributed by atoms with Crippen molar-refractivity contribution in [2.45, 2.75) is 38.8 Å². The zero-order valence-electron chi connectivity index (χ0n) is 13.5. The molecule has 1 aromatic heterocycles. The molecule has 1 aromatic rings. The summed E-state index contributed by atoms with van der Waals surface area (Å²) < 4.78 is 0. The fourth-order valence-corrected chi connectivity index (χ4v) is 2.88. The molecule has 0 aliphatic carbocycles. The average molecular weight is 320 g/mol. The number of aromatic hydroxyl groups is 1. The van der Waals surface area contributed by atoms with E-state index in [1.165, 1.54) is 12.3 Å². The van der Waals surface area contributed by atoms with Crippen molar-refractivity contribution in [3.8, 4) is 5.88 Å². The van der Waals surface area contributed by atoms with Gasteiger partial charge in [-0.25, -0.2) is 4.98 Å². The van der Waals surface area contributed by atoms with E-state index in [0.29, 0.717) is 13.1 Å². The molecule has 0 bridgehead atoms. The predicted molar refractivity (Wildman–Crippen MR) is 85.8 cm³/mol. The van der Waals surface area contributed by atoms with Crippen LogP contribution in [0.25, 0.3) is 0 Å². The van der Waals surface area contributed by atoms with Gasteiger partial charge in [0, 0.05) is 25.3 Å². The van der Waals surface area contributed by atoms with Crippen LogP contribution in [0, 0.1) is 5.92 Å². The SMILES string of the molecule is CC(NC(=O)c1cccnc1O)C1CCN(C(=O)[C@H](C)N)CC1. The molecular weight excluding hydrogens is 296 g/mol. The van der Waals surface area contributed by atoms with Crippen LogP contribution in [0.2, 0.25) is 0 Å². The molecule has 1 fully saturated rings. The van der Waals surface area contributed by atoms with Crippen molar-refractivity contribution in [3.05, 3.63) is 23.9 Å². The van der Waals surface area contributed by atoms with E-state index in [2.05, 4.69) is 10.3 Å². The van der Waals surface area contributed by atoms with Crippen molar-refractivity contribution >= 4 is 11.8 Å². The highest BCUT2D eigenvalue weighted by atomic mass is 16.3. The number of carbonyl (C=O) groups is 2. The summed E-state index contributed by atoms with van der Waals surface area (Å²) >= 11 is 0. The number of hydrogen-bond acceptors (Lipinski definition) is 5. The van der Waals surface area contributed by atoms with Gasteiger partial charge in [0.25, 0.3) is 5.91 Å². The highest BCUT2D eigenvalue weighted by Gasteiger charge is 2.28. The van der Waals surface area contributed by atoms with E-state index in [4.69, 9.17) is 5.73 Å². The van der Waals surface area contributed by atoms with Gasteiger partial charge in [-0.15, -0.1) is 0 Å². The molecule has 0 spiro atoms. The van der Waals surface area contributed by atoms with Gasteiger partial charge >= 0.3 is 0 Å². The third kappa shape index (κ3) is 4.19. The Morgan fingerprint density at radius 3 is 2.61 bits per heavy atom. The lowest BCUT2D eigenvalue weighted by atomic mass is 9.90. The summed E-state index contributed by atoms with van der Waals surface area (Å²) in [5.41, 5.74) is 5.80. The average Bonchev–Trinajstić information content (AvgIpc) is 2.54. The maximum Gasteiger partial charge on any atom is 0.256 e. The summed E-state index contributed by atoms with van der Waals surface area (Å²) in [6.07, 6.45) is 3.07. The quantitative estimate of drug-likeness (QED) is 0.748. The number of likely N-dealkylation sites (tertiary alicyclic amines) is 1. The predicted octanol–water partition coefficient (Wildman–Crippen LogP) is 0.491. The Hall–Kier alpha value is -2.15. The maximum atomic E-state index is 12.2. The third-order valence-electron chi connectivity index (χ3n) is 4.34. The van der Waals surface area contributed by atoms with E-state index in [0.717, 1.165) is 12.8 Å². The Bertz CT molecular complexity index is 568. The van der Waals surface area contributed by atoms with Crippen molar-refractivity contribution < 1.29 is 14.7 Å². The van der Waals surface area contributed by atoms with E-state index >= 15 is 0 Å². The fraction of sp³-hybridized carbons (Fsp3) is 0.562. The third-order valence-corrected chi connectivity index (χ3v) is 4.34. The minimum absolute atomic E-state index is 0.0274. The Morgan fingerprint density at radius 1 is 1.39 bits per heavy atom. The van der Waals surface area contributed by atoms with Crippen molar-refractivity contribution in [3.63, 3.8) is 0 Å². The molecule has 7 heteroatoms. The van der Waals surface area contributed by atoms with Crippen LogP contribution in [0.15, 0.2) is 18.3 Å². The molecule has 2 amide bonds. The molecule has 1 aliphatic rings. The monoisotopic (exact) mass is 320 g/mol. The highest BCUT2D eigenvalue weighted by molar-refractivity contribution is 5.96. The zero-order valence-corrected chi connectivity index (χ0v) is 13.5. The Balaban J connectivity index is 1.88. The normalized spacial score (nSPS) is 18.3. The van der Waals surface area contributed by atoms with Gasteiger partial charge < -0.3 is 21.1 Å². The largest absolute Gasteiger partial charge is 0.493 e. The summed E-state index contributed by atoms with van der Waals surface area (Å²) in [5, 5.41) is 12.5. The minimum Gasteiger partial charge on any atom is -0.493 e. The minimum atomic E-state index is -0.475. The molecule has 0 saturated carbocycles. The second kappa shape index (κ2) is 7.41. The van der Waals surface area contributed by atoms with Crippen molar-refractivity contribution in [1.82, 2.24) is 15.2 Å². The Labute approximate surface area is 135 Å².